The predicted octanol–water partition coefficient (Wildman–Crippen LogP) is 7.92. The summed E-state index contributed by atoms with van der Waals surface area (Å²) >= 11 is 0. The van der Waals surface area contributed by atoms with Crippen LogP contribution in [0.5, 0.6) is 0 Å². The molecule has 0 amide bonds. The molecule has 3 aromatic rings. The molecular weight excluding hydrogens is 454 g/mol. The summed E-state index contributed by atoms with van der Waals surface area (Å²) in [5.41, 5.74) is 8.23. The molecule has 0 spiro atoms. The Morgan fingerprint density at radius 2 is 1.12 bits per heavy atom. The molecule has 0 radical (unpaired) electrons. The topological polar surface area (TPSA) is 83.8 Å². The normalized spacial score (nSPS) is 12.5. The molecule has 5 nitrogen and oxygen atoms in total. The third-order valence-corrected chi connectivity index (χ3v) is 6.25. The van der Waals surface area contributed by atoms with Crippen molar-refractivity contribution in [2.45, 2.75) is 52.4 Å². The van der Waals surface area contributed by atoms with Gasteiger partial charge in [-0.3, -0.25) is 0 Å². The van der Waals surface area contributed by atoms with Crippen molar-refractivity contribution in [3.63, 3.8) is 0 Å². The van der Waals surface area contributed by atoms with Crippen LogP contribution < -0.4 is 0 Å². The zero-order valence-corrected chi connectivity index (χ0v) is 21.7. The Morgan fingerprint density at radius 3 is 1.55 bits per heavy atom. The van der Waals surface area contributed by atoms with Gasteiger partial charge >= 0.3 is 16.5 Å². The second kappa shape index (κ2) is 11.2. The Balaban J connectivity index is 0.000000479. The highest BCUT2D eigenvalue weighted by Gasteiger charge is 2.31. The minimum absolute atomic E-state index is 0.106. The van der Waals surface area contributed by atoms with Gasteiger partial charge in [0.1, 0.15) is 0 Å². The third kappa shape index (κ3) is 8.23. The lowest BCUT2D eigenvalue weighted by Gasteiger charge is -2.27. The molecule has 0 fully saturated rings. The smallest absolute Gasteiger partial charge is 0.131 e. The van der Waals surface area contributed by atoms with Crippen LogP contribution in [0.1, 0.15) is 52.7 Å². The van der Waals surface area contributed by atoms with E-state index in [1.165, 1.54) is 33.4 Å². The van der Waals surface area contributed by atoms with Gasteiger partial charge in [-0.1, -0.05) is 114 Å². The van der Waals surface area contributed by atoms with Gasteiger partial charge in [0.25, 0.3) is 0 Å². The Kier molecular flexibility index (Phi) is 9.20. The van der Waals surface area contributed by atoms with E-state index in [0.717, 1.165) is 0 Å². The highest BCUT2D eigenvalue weighted by Crippen LogP contribution is 2.37. The average molecular weight is 486 g/mol. The first-order valence-electron chi connectivity index (χ1n) is 10.6. The Morgan fingerprint density at radius 1 is 0.636 bits per heavy atom. The molecule has 0 aliphatic rings. The molecule has 0 bridgehead atoms. The fraction of sp³-hybridized carbons (Fsp3) is 0.308. The van der Waals surface area contributed by atoms with E-state index in [4.69, 9.17) is 9.79 Å². The summed E-state index contributed by atoms with van der Waals surface area (Å²) in [6, 6.07) is 26.5. The molecule has 2 unspecified atom stereocenters. The van der Waals surface area contributed by atoms with Crippen molar-refractivity contribution < 1.29 is 23.2 Å². The molecule has 0 saturated carbocycles. The summed E-state index contributed by atoms with van der Waals surface area (Å²) in [7, 11) is -5.85. The first-order chi connectivity index (χ1) is 15.3. The Labute approximate surface area is 198 Å². The van der Waals surface area contributed by atoms with Crippen LogP contribution in [-0.4, -0.2) is 9.79 Å². The van der Waals surface area contributed by atoms with E-state index >= 15 is 0 Å². The van der Waals surface area contributed by atoms with Crippen LogP contribution in [-0.2, 0) is 24.3 Å². The quantitative estimate of drug-likeness (QED) is 0.366. The zero-order valence-electron chi connectivity index (χ0n) is 19.9. The summed E-state index contributed by atoms with van der Waals surface area (Å²) in [4.78, 5) is 15.3. The molecule has 0 saturated heterocycles. The second-order valence-corrected chi connectivity index (χ2v) is 11.4. The van der Waals surface area contributed by atoms with E-state index in [2.05, 4.69) is 119 Å². The van der Waals surface area contributed by atoms with Crippen LogP contribution in [0.15, 0.2) is 72.8 Å². The predicted molar refractivity (Wildman–Crippen MR) is 135 cm³/mol. The van der Waals surface area contributed by atoms with Gasteiger partial charge in [0, 0.05) is 9.13 Å². The molecule has 0 aliphatic carbocycles. The van der Waals surface area contributed by atoms with Crippen molar-refractivity contribution in [1.29, 1.82) is 0 Å². The van der Waals surface area contributed by atoms with Crippen LogP contribution >= 0.6 is 16.5 Å². The molecule has 0 aliphatic heterocycles. The maximum absolute atomic E-state index is 9.39. The van der Waals surface area contributed by atoms with Crippen LogP contribution in [0.3, 0.4) is 0 Å². The van der Waals surface area contributed by atoms with Gasteiger partial charge in [0.15, 0.2) is 4.31 Å². The molecule has 3 rings (SSSR count). The first kappa shape index (κ1) is 27.0. The van der Waals surface area contributed by atoms with E-state index < -0.39 is 16.5 Å². The van der Waals surface area contributed by atoms with Crippen LogP contribution in [0, 0.1) is 0 Å². The number of rotatable bonds is 4. The molecule has 0 heterocycles. The van der Waals surface area contributed by atoms with Crippen molar-refractivity contribution in [2.24, 2.45) is 0 Å². The molecular formula is C26H32O5P2+2. The fourth-order valence-corrected chi connectivity index (χ4v) is 3.89. The fourth-order valence-electron chi connectivity index (χ4n) is 3.42. The number of hydrogen-bond donors (Lipinski definition) is 2. The first-order valence-corrected chi connectivity index (χ1v) is 12.9. The minimum Gasteiger partial charge on any atom is -0.131 e. The molecule has 3 aromatic carbocycles. The van der Waals surface area contributed by atoms with Crippen LogP contribution in [0.2, 0.25) is 0 Å². The summed E-state index contributed by atoms with van der Waals surface area (Å²) in [5.74, 6) is 0. The average Bonchev–Trinajstić information content (AvgIpc) is 2.72. The minimum atomic E-state index is -2.92. The summed E-state index contributed by atoms with van der Waals surface area (Å²) in [6.07, 6.45) is 0. The van der Waals surface area contributed by atoms with Crippen molar-refractivity contribution >= 4 is 16.5 Å². The van der Waals surface area contributed by atoms with Gasteiger partial charge in [-0.15, -0.1) is 9.79 Å². The SMILES string of the molecule is CC(C)(C)c1ccc(-c2ccc(-c3ccccc3)cc2)c(C(C)(C)C)c1.O=[P+](O)O[P+](=O)O. The monoisotopic (exact) mass is 486 g/mol. The van der Waals surface area contributed by atoms with Gasteiger partial charge in [-0.05, 0) is 44.2 Å². The van der Waals surface area contributed by atoms with Gasteiger partial charge in [0.05, 0.1) is 0 Å². The van der Waals surface area contributed by atoms with E-state index in [9.17, 15) is 9.13 Å². The van der Waals surface area contributed by atoms with Crippen molar-refractivity contribution in [3.05, 3.63) is 83.9 Å². The molecule has 2 N–H and O–H groups in total. The second-order valence-electron chi connectivity index (χ2n) is 9.76. The van der Waals surface area contributed by atoms with Crippen molar-refractivity contribution in [2.75, 3.05) is 0 Å². The largest absolute Gasteiger partial charge is 0.745 e. The van der Waals surface area contributed by atoms with E-state index in [1.54, 1.807) is 0 Å². The lowest BCUT2D eigenvalue weighted by molar-refractivity contribution is 0.371. The summed E-state index contributed by atoms with van der Waals surface area (Å²) in [5, 5.41) is 0. The summed E-state index contributed by atoms with van der Waals surface area (Å²) < 4.78 is 22.2. The van der Waals surface area contributed by atoms with Crippen molar-refractivity contribution in [1.82, 2.24) is 0 Å². The molecule has 2 atom stereocenters. The Bertz CT molecular complexity index is 1080. The van der Waals surface area contributed by atoms with Crippen molar-refractivity contribution in [3.8, 4) is 22.3 Å². The lowest BCUT2D eigenvalue weighted by atomic mass is 9.77. The maximum Gasteiger partial charge on any atom is 0.745 e. The van der Waals surface area contributed by atoms with Gasteiger partial charge in [0.2, 0.25) is 0 Å². The zero-order chi connectivity index (χ0) is 24.8. The Hall–Kier alpha value is -2.26. The number of hydrogen-bond acceptors (Lipinski definition) is 3. The lowest BCUT2D eigenvalue weighted by Crippen LogP contribution is -2.17. The maximum atomic E-state index is 9.39. The van der Waals surface area contributed by atoms with Crippen LogP contribution in [0.4, 0.5) is 0 Å². The van der Waals surface area contributed by atoms with E-state index in [1.807, 2.05) is 0 Å². The van der Waals surface area contributed by atoms with Crippen LogP contribution in [0.25, 0.3) is 22.3 Å². The van der Waals surface area contributed by atoms with Gasteiger partial charge < -0.3 is 0 Å². The standard InChI is InChI=1S/C26H30.O5P2/c1-25(2,3)22-16-17-23(24(18-22)26(4,5)6)21-14-12-20(13-15-21)19-10-8-7-9-11-19;1-6(2)5-7(3)4/h7-18H,1-6H3;/p+2. The van der Waals surface area contributed by atoms with E-state index in [-0.39, 0.29) is 10.8 Å². The molecule has 7 heteroatoms. The number of benzene rings is 3. The molecule has 33 heavy (non-hydrogen) atoms. The third-order valence-electron chi connectivity index (χ3n) is 5.14. The molecule has 0 aromatic heterocycles. The molecule has 174 valence electrons. The highest BCUT2D eigenvalue weighted by atomic mass is 31.2. The highest BCUT2D eigenvalue weighted by molar-refractivity contribution is 7.46. The van der Waals surface area contributed by atoms with Gasteiger partial charge in [-0.2, -0.15) is 0 Å². The van der Waals surface area contributed by atoms with Gasteiger partial charge in [-0.25, -0.2) is 0 Å². The van der Waals surface area contributed by atoms with E-state index in [0.29, 0.717) is 0 Å². The summed E-state index contributed by atoms with van der Waals surface area (Å²) in [6.45, 7) is 13.7.